The van der Waals surface area contributed by atoms with E-state index in [9.17, 15) is 0 Å². The van der Waals surface area contributed by atoms with E-state index in [1.54, 1.807) is 6.21 Å². The van der Waals surface area contributed by atoms with Gasteiger partial charge >= 0.3 is 0 Å². The summed E-state index contributed by atoms with van der Waals surface area (Å²) >= 11 is 0. The number of oxime groups is 1. The minimum atomic E-state index is 0.402. The van der Waals surface area contributed by atoms with Crippen molar-refractivity contribution in [1.29, 1.82) is 0 Å². The Hall–Kier alpha value is -1.25. The molecule has 3 heteroatoms. The number of nitrogens with zero attached hydrogens (tertiary/aromatic N) is 2. The van der Waals surface area contributed by atoms with Crippen LogP contribution in [0.1, 0.15) is 33.1 Å². The molecule has 0 aromatic carbocycles. The molecule has 0 radical (unpaired) electrons. The van der Waals surface area contributed by atoms with Gasteiger partial charge in [-0.25, -0.2) is 0 Å². The summed E-state index contributed by atoms with van der Waals surface area (Å²) in [4.78, 5) is 7.40. The molecule has 0 saturated carbocycles. The van der Waals surface area contributed by atoms with Crippen molar-refractivity contribution in [3.8, 4) is 0 Å². The minimum absolute atomic E-state index is 0.402. The van der Waals surface area contributed by atoms with Gasteiger partial charge in [0.1, 0.15) is 5.76 Å². The zero-order valence-electron chi connectivity index (χ0n) is 9.70. The first-order valence-corrected chi connectivity index (χ1v) is 5.42. The molecule has 0 N–H and O–H groups in total. The van der Waals surface area contributed by atoms with Crippen LogP contribution < -0.4 is 0 Å². The second-order valence-electron chi connectivity index (χ2n) is 3.91. The molecule has 84 valence electrons. The third-order valence-corrected chi connectivity index (χ3v) is 2.61. The van der Waals surface area contributed by atoms with Gasteiger partial charge in [-0.15, -0.1) is 0 Å². The molecule has 0 amide bonds. The molecule has 0 bridgehead atoms. The summed E-state index contributed by atoms with van der Waals surface area (Å²) in [5, 5.41) is 3.70. The van der Waals surface area contributed by atoms with Gasteiger partial charge in [0.15, 0.2) is 0 Å². The number of rotatable bonds is 5. The van der Waals surface area contributed by atoms with Crippen molar-refractivity contribution in [2.24, 2.45) is 5.16 Å². The summed E-state index contributed by atoms with van der Waals surface area (Å²) in [6.45, 7) is 13.0. The lowest BCUT2D eigenvalue weighted by Crippen LogP contribution is -2.28. The Morgan fingerprint density at radius 1 is 1.73 bits per heavy atom. The summed E-state index contributed by atoms with van der Waals surface area (Å²) in [6, 6.07) is 0.402. The molecule has 0 spiro atoms. The van der Waals surface area contributed by atoms with E-state index in [0.717, 1.165) is 19.4 Å². The Kier molecular flexibility index (Phi) is 4.40. The van der Waals surface area contributed by atoms with Crippen LogP contribution in [0.15, 0.2) is 29.8 Å². The standard InChI is InChI=1S/C12H20N2O/c1-5-13-15-12(4)9-11(3)14-8-6-7-10(14)2/h5,11H,2,4,6-9H2,1,3H3/b13-5-/t11-/m1/s1. The van der Waals surface area contributed by atoms with Gasteiger partial charge in [0.25, 0.3) is 0 Å². The van der Waals surface area contributed by atoms with Gasteiger partial charge in [0, 0.05) is 30.9 Å². The Balaban J connectivity index is 2.37. The molecular weight excluding hydrogens is 188 g/mol. The molecule has 0 aromatic heterocycles. The van der Waals surface area contributed by atoms with Gasteiger partial charge in [-0.05, 0) is 26.7 Å². The van der Waals surface area contributed by atoms with Crippen LogP contribution in [0.4, 0.5) is 0 Å². The summed E-state index contributed by atoms with van der Waals surface area (Å²) in [5.41, 5.74) is 1.23. The molecule has 0 unspecified atom stereocenters. The highest BCUT2D eigenvalue weighted by Gasteiger charge is 2.21. The summed E-state index contributed by atoms with van der Waals surface area (Å²) in [7, 11) is 0. The van der Waals surface area contributed by atoms with Gasteiger partial charge in [-0.2, -0.15) is 0 Å². The summed E-state index contributed by atoms with van der Waals surface area (Å²) in [5.74, 6) is 0.709. The first-order valence-electron chi connectivity index (χ1n) is 5.42. The molecule has 1 heterocycles. The summed E-state index contributed by atoms with van der Waals surface area (Å²) in [6.07, 6.45) is 4.75. The zero-order chi connectivity index (χ0) is 11.3. The Labute approximate surface area is 92.1 Å². The lowest BCUT2D eigenvalue weighted by atomic mass is 10.2. The smallest absolute Gasteiger partial charge is 0.129 e. The topological polar surface area (TPSA) is 24.8 Å². The van der Waals surface area contributed by atoms with Crippen LogP contribution in [0.3, 0.4) is 0 Å². The summed E-state index contributed by atoms with van der Waals surface area (Å²) < 4.78 is 0. The lowest BCUT2D eigenvalue weighted by Gasteiger charge is -2.27. The van der Waals surface area contributed by atoms with E-state index in [1.807, 2.05) is 6.92 Å². The molecular formula is C12H20N2O. The first kappa shape index (κ1) is 11.8. The molecule has 1 saturated heterocycles. The largest absolute Gasteiger partial charge is 0.372 e. The predicted octanol–water partition coefficient (Wildman–Crippen LogP) is 2.91. The SMILES string of the molecule is C=C(C[C@@H](C)N1CCCC1=C)O/N=C\C. The average Bonchev–Trinajstić information content (AvgIpc) is 2.61. The minimum Gasteiger partial charge on any atom is -0.372 e. The van der Waals surface area contributed by atoms with Crippen molar-refractivity contribution < 1.29 is 4.84 Å². The van der Waals surface area contributed by atoms with E-state index in [-0.39, 0.29) is 0 Å². The van der Waals surface area contributed by atoms with Crippen LogP contribution in [-0.2, 0) is 4.84 Å². The lowest BCUT2D eigenvalue weighted by molar-refractivity contribution is 0.192. The van der Waals surface area contributed by atoms with E-state index in [2.05, 4.69) is 30.1 Å². The number of likely N-dealkylation sites (tertiary alicyclic amines) is 1. The third kappa shape index (κ3) is 3.42. The fourth-order valence-electron chi connectivity index (χ4n) is 1.89. The van der Waals surface area contributed by atoms with Crippen LogP contribution in [0.2, 0.25) is 0 Å². The average molecular weight is 208 g/mol. The molecule has 3 nitrogen and oxygen atoms in total. The highest BCUT2D eigenvalue weighted by atomic mass is 16.6. The van der Waals surface area contributed by atoms with Crippen LogP contribution in [-0.4, -0.2) is 23.7 Å². The first-order chi connectivity index (χ1) is 7.15. The van der Waals surface area contributed by atoms with Crippen molar-refractivity contribution in [2.45, 2.75) is 39.2 Å². The van der Waals surface area contributed by atoms with Crippen molar-refractivity contribution >= 4 is 6.21 Å². The molecule has 0 aliphatic carbocycles. The zero-order valence-corrected chi connectivity index (χ0v) is 9.70. The maximum absolute atomic E-state index is 5.08. The van der Waals surface area contributed by atoms with Gasteiger partial charge < -0.3 is 9.74 Å². The molecule has 15 heavy (non-hydrogen) atoms. The molecule has 1 rings (SSSR count). The maximum atomic E-state index is 5.08. The van der Waals surface area contributed by atoms with E-state index >= 15 is 0 Å². The van der Waals surface area contributed by atoms with Crippen LogP contribution in [0, 0.1) is 0 Å². The number of hydrogen-bond acceptors (Lipinski definition) is 3. The predicted molar refractivity (Wildman–Crippen MR) is 63.6 cm³/mol. The maximum Gasteiger partial charge on any atom is 0.129 e. The van der Waals surface area contributed by atoms with E-state index in [0.29, 0.717) is 11.8 Å². The molecule has 1 aliphatic rings. The highest BCUT2D eigenvalue weighted by molar-refractivity contribution is 5.52. The van der Waals surface area contributed by atoms with Gasteiger partial charge in [-0.1, -0.05) is 18.3 Å². The second-order valence-corrected chi connectivity index (χ2v) is 3.91. The van der Waals surface area contributed by atoms with E-state index < -0.39 is 0 Å². The third-order valence-electron chi connectivity index (χ3n) is 2.61. The van der Waals surface area contributed by atoms with E-state index in [4.69, 9.17) is 4.84 Å². The van der Waals surface area contributed by atoms with Crippen molar-refractivity contribution in [3.05, 3.63) is 24.6 Å². The molecule has 1 atom stereocenters. The number of allylic oxidation sites excluding steroid dienone is 1. The van der Waals surface area contributed by atoms with Crippen molar-refractivity contribution in [1.82, 2.24) is 4.90 Å². The number of hydrogen-bond donors (Lipinski definition) is 0. The Morgan fingerprint density at radius 2 is 2.47 bits per heavy atom. The fourth-order valence-corrected chi connectivity index (χ4v) is 1.89. The second kappa shape index (κ2) is 5.59. The highest BCUT2D eigenvalue weighted by Crippen LogP contribution is 2.24. The van der Waals surface area contributed by atoms with Gasteiger partial charge in [0.2, 0.25) is 0 Å². The van der Waals surface area contributed by atoms with E-state index in [1.165, 1.54) is 12.1 Å². The quantitative estimate of drug-likeness (QED) is 0.394. The van der Waals surface area contributed by atoms with Crippen molar-refractivity contribution in [3.63, 3.8) is 0 Å². The van der Waals surface area contributed by atoms with Gasteiger partial charge in [0.05, 0.1) is 0 Å². The fraction of sp³-hybridized carbons (Fsp3) is 0.583. The molecule has 0 aromatic rings. The van der Waals surface area contributed by atoms with Crippen LogP contribution >= 0.6 is 0 Å². The van der Waals surface area contributed by atoms with Crippen LogP contribution in [0.25, 0.3) is 0 Å². The van der Waals surface area contributed by atoms with Crippen LogP contribution in [0.5, 0.6) is 0 Å². The Morgan fingerprint density at radius 3 is 3.00 bits per heavy atom. The Bertz CT molecular complexity index is 271. The normalized spacial score (nSPS) is 18.5. The monoisotopic (exact) mass is 208 g/mol. The van der Waals surface area contributed by atoms with Crippen molar-refractivity contribution in [2.75, 3.05) is 6.54 Å². The molecule has 1 fully saturated rings. The van der Waals surface area contributed by atoms with Gasteiger partial charge in [-0.3, -0.25) is 0 Å². The molecule has 1 aliphatic heterocycles.